The smallest absolute Gasteiger partial charge is 0.339 e. The molecule has 3 aromatic rings. The molecule has 0 radical (unpaired) electrons. The first-order valence-corrected chi connectivity index (χ1v) is 9.93. The van der Waals surface area contributed by atoms with E-state index in [1.165, 1.54) is 13.0 Å². The van der Waals surface area contributed by atoms with Crippen molar-refractivity contribution >= 4 is 23.3 Å². The molecule has 6 nitrogen and oxygen atoms in total. The highest BCUT2D eigenvalue weighted by Gasteiger charge is 2.24. The van der Waals surface area contributed by atoms with Crippen LogP contribution in [0, 0.1) is 0 Å². The number of esters is 1. The first-order valence-electron chi connectivity index (χ1n) is 9.93. The molecule has 0 heterocycles. The molecule has 6 heteroatoms. The van der Waals surface area contributed by atoms with Gasteiger partial charge in [-0.25, -0.2) is 4.79 Å². The molecule has 1 amide bonds. The van der Waals surface area contributed by atoms with Crippen LogP contribution in [-0.4, -0.2) is 30.4 Å². The van der Waals surface area contributed by atoms with Gasteiger partial charge in [0.15, 0.2) is 11.9 Å². The summed E-state index contributed by atoms with van der Waals surface area (Å²) in [4.78, 5) is 38.2. The van der Waals surface area contributed by atoms with Crippen molar-refractivity contribution in [2.45, 2.75) is 20.0 Å². The topological polar surface area (TPSA) is 81.7 Å². The molecule has 0 saturated carbocycles. The number of para-hydroxylation sites is 2. The van der Waals surface area contributed by atoms with Gasteiger partial charge in [0, 0.05) is 11.1 Å². The molecule has 1 unspecified atom stereocenters. The fourth-order valence-corrected chi connectivity index (χ4v) is 2.97. The van der Waals surface area contributed by atoms with Gasteiger partial charge in [0.2, 0.25) is 0 Å². The maximum absolute atomic E-state index is 12.8. The summed E-state index contributed by atoms with van der Waals surface area (Å²) in [5.74, 6) is -1.03. The van der Waals surface area contributed by atoms with Crippen LogP contribution in [0.15, 0.2) is 78.9 Å². The van der Waals surface area contributed by atoms with Crippen molar-refractivity contribution in [2.75, 3.05) is 11.9 Å². The number of ketones is 1. The van der Waals surface area contributed by atoms with E-state index in [0.717, 1.165) is 0 Å². The fraction of sp³-hybridized carbons (Fsp3) is 0.160. The van der Waals surface area contributed by atoms with Crippen molar-refractivity contribution in [3.8, 4) is 5.75 Å². The molecule has 3 aromatic carbocycles. The van der Waals surface area contributed by atoms with Crippen molar-refractivity contribution in [1.29, 1.82) is 0 Å². The van der Waals surface area contributed by atoms with Gasteiger partial charge < -0.3 is 14.8 Å². The van der Waals surface area contributed by atoms with E-state index in [4.69, 9.17) is 9.47 Å². The predicted molar refractivity (Wildman–Crippen MR) is 117 cm³/mol. The largest absolute Gasteiger partial charge is 0.492 e. The molecular formula is C25H23NO5. The number of rotatable bonds is 8. The lowest BCUT2D eigenvalue weighted by Gasteiger charge is -2.16. The van der Waals surface area contributed by atoms with E-state index in [1.807, 2.05) is 6.92 Å². The highest BCUT2D eigenvalue weighted by molar-refractivity contribution is 6.14. The third-order valence-electron chi connectivity index (χ3n) is 4.53. The average molecular weight is 417 g/mol. The van der Waals surface area contributed by atoms with Gasteiger partial charge in [-0.3, -0.25) is 9.59 Å². The number of amides is 1. The zero-order valence-electron chi connectivity index (χ0n) is 17.3. The Kier molecular flexibility index (Phi) is 7.17. The van der Waals surface area contributed by atoms with Crippen molar-refractivity contribution in [3.63, 3.8) is 0 Å². The molecule has 0 spiro atoms. The summed E-state index contributed by atoms with van der Waals surface area (Å²) in [6.45, 7) is 3.76. The molecule has 1 atom stereocenters. The van der Waals surface area contributed by atoms with Crippen molar-refractivity contribution in [2.24, 2.45) is 0 Å². The van der Waals surface area contributed by atoms with Crippen LogP contribution in [0.1, 0.15) is 40.1 Å². The Morgan fingerprint density at radius 3 is 2.16 bits per heavy atom. The summed E-state index contributed by atoms with van der Waals surface area (Å²) in [6.07, 6.45) is -1.08. The summed E-state index contributed by atoms with van der Waals surface area (Å²) in [5, 5.41) is 2.71. The number of benzene rings is 3. The predicted octanol–water partition coefficient (Wildman–Crippen LogP) is 4.50. The van der Waals surface area contributed by atoms with Crippen LogP contribution in [0.25, 0.3) is 0 Å². The van der Waals surface area contributed by atoms with E-state index in [9.17, 15) is 14.4 Å². The molecule has 3 rings (SSSR count). The molecule has 0 aliphatic heterocycles. The Labute approximate surface area is 180 Å². The first-order chi connectivity index (χ1) is 15.0. The molecule has 1 N–H and O–H groups in total. The lowest BCUT2D eigenvalue weighted by atomic mass is 9.98. The van der Waals surface area contributed by atoms with Gasteiger partial charge in [-0.1, -0.05) is 60.7 Å². The summed E-state index contributed by atoms with van der Waals surface area (Å²) < 4.78 is 10.8. The minimum absolute atomic E-state index is 0.103. The summed E-state index contributed by atoms with van der Waals surface area (Å²) in [6, 6.07) is 22.0. The van der Waals surface area contributed by atoms with Gasteiger partial charge in [0.25, 0.3) is 5.91 Å². The average Bonchev–Trinajstić information content (AvgIpc) is 2.80. The number of hydrogen-bond acceptors (Lipinski definition) is 5. The van der Waals surface area contributed by atoms with E-state index in [2.05, 4.69) is 5.32 Å². The van der Waals surface area contributed by atoms with E-state index >= 15 is 0 Å². The van der Waals surface area contributed by atoms with Crippen molar-refractivity contribution < 1.29 is 23.9 Å². The maximum atomic E-state index is 12.8. The monoisotopic (exact) mass is 417 g/mol. The normalized spacial score (nSPS) is 11.3. The second-order valence-electron chi connectivity index (χ2n) is 6.71. The molecule has 0 saturated heterocycles. The second-order valence-corrected chi connectivity index (χ2v) is 6.71. The lowest BCUT2D eigenvalue weighted by molar-refractivity contribution is -0.123. The van der Waals surface area contributed by atoms with Crippen LogP contribution in [0.2, 0.25) is 0 Å². The zero-order valence-corrected chi connectivity index (χ0v) is 17.3. The van der Waals surface area contributed by atoms with Crippen LogP contribution in [0.5, 0.6) is 5.75 Å². The highest BCUT2D eigenvalue weighted by atomic mass is 16.5. The third kappa shape index (κ3) is 5.36. The molecule has 0 aliphatic carbocycles. The molecule has 0 aromatic heterocycles. The summed E-state index contributed by atoms with van der Waals surface area (Å²) in [7, 11) is 0. The van der Waals surface area contributed by atoms with Gasteiger partial charge in [0.1, 0.15) is 5.75 Å². The van der Waals surface area contributed by atoms with Gasteiger partial charge in [-0.05, 0) is 32.0 Å². The Balaban J connectivity index is 1.73. The lowest BCUT2D eigenvalue weighted by Crippen LogP contribution is -2.30. The van der Waals surface area contributed by atoms with E-state index in [1.54, 1.807) is 72.8 Å². The van der Waals surface area contributed by atoms with Gasteiger partial charge >= 0.3 is 5.97 Å². The number of carbonyl (C=O) groups is 3. The molecule has 158 valence electrons. The van der Waals surface area contributed by atoms with Gasteiger partial charge in [-0.15, -0.1) is 0 Å². The Bertz CT molecular complexity index is 1080. The number of nitrogens with one attached hydrogen (secondary N) is 1. The number of hydrogen-bond donors (Lipinski definition) is 1. The molecule has 0 bridgehead atoms. The van der Waals surface area contributed by atoms with Crippen LogP contribution >= 0.6 is 0 Å². The summed E-state index contributed by atoms with van der Waals surface area (Å²) >= 11 is 0. The third-order valence-corrected chi connectivity index (χ3v) is 4.53. The van der Waals surface area contributed by atoms with Crippen molar-refractivity contribution in [3.05, 3.63) is 95.6 Å². The minimum atomic E-state index is -1.08. The van der Waals surface area contributed by atoms with Gasteiger partial charge in [0.05, 0.1) is 17.9 Å². The Hall–Kier alpha value is -3.93. The SMILES string of the molecule is CCOc1ccccc1NC(=O)C(C)OC(=O)c1ccccc1C(=O)c1ccccc1. The van der Waals surface area contributed by atoms with Crippen LogP contribution in [0.3, 0.4) is 0 Å². The van der Waals surface area contributed by atoms with E-state index in [0.29, 0.717) is 23.6 Å². The fourth-order valence-electron chi connectivity index (χ4n) is 2.97. The standard InChI is InChI=1S/C25H23NO5/c1-3-30-22-16-10-9-15-21(22)26-24(28)17(2)31-25(29)20-14-8-7-13-19(20)23(27)18-11-5-4-6-12-18/h4-17H,3H2,1-2H3,(H,26,28). The highest BCUT2D eigenvalue weighted by Crippen LogP contribution is 2.24. The Morgan fingerprint density at radius 2 is 1.45 bits per heavy atom. The molecule has 31 heavy (non-hydrogen) atoms. The van der Waals surface area contributed by atoms with E-state index in [-0.39, 0.29) is 16.9 Å². The molecule has 0 fully saturated rings. The minimum Gasteiger partial charge on any atom is -0.492 e. The molecule has 0 aliphatic rings. The van der Waals surface area contributed by atoms with Crippen LogP contribution in [-0.2, 0) is 9.53 Å². The first kappa shape index (κ1) is 21.8. The maximum Gasteiger partial charge on any atom is 0.339 e. The van der Waals surface area contributed by atoms with Crippen LogP contribution in [0.4, 0.5) is 5.69 Å². The molecular weight excluding hydrogens is 394 g/mol. The number of ether oxygens (including phenoxy) is 2. The van der Waals surface area contributed by atoms with Crippen molar-refractivity contribution in [1.82, 2.24) is 0 Å². The van der Waals surface area contributed by atoms with E-state index < -0.39 is 18.0 Å². The zero-order chi connectivity index (χ0) is 22.2. The quantitative estimate of drug-likeness (QED) is 0.431. The van der Waals surface area contributed by atoms with Gasteiger partial charge in [-0.2, -0.15) is 0 Å². The number of anilines is 1. The second kappa shape index (κ2) is 10.2. The van der Waals surface area contributed by atoms with Crippen LogP contribution < -0.4 is 10.1 Å². The Morgan fingerprint density at radius 1 is 0.839 bits per heavy atom. The summed E-state index contributed by atoms with van der Waals surface area (Å²) in [5.41, 5.74) is 1.26. The number of carbonyl (C=O) groups excluding carboxylic acids is 3.